The number of aryl methyl sites for hydroxylation is 1. The van der Waals surface area contributed by atoms with Gasteiger partial charge in [-0.1, -0.05) is 29.8 Å². The molecule has 0 spiro atoms. The molecule has 0 aliphatic carbocycles. The summed E-state index contributed by atoms with van der Waals surface area (Å²) in [6, 6.07) is 12.1. The number of esters is 1. The molecule has 0 amide bonds. The van der Waals surface area contributed by atoms with Crippen LogP contribution in [0.4, 0.5) is 5.82 Å². The first kappa shape index (κ1) is 20.9. The quantitative estimate of drug-likeness (QED) is 0.608. The van der Waals surface area contributed by atoms with Crippen LogP contribution in [0, 0.1) is 6.92 Å². The molecule has 0 radical (unpaired) electrons. The number of aromatic nitrogens is 3. The Hall–Kier alpha value is -3.01. The van der Waals surface area contributed by atoms with E-state index in [1.807, 2.05) is 32.0 Å². The summed E-state index contributed by atoms with van der Waals surface area (Å²) < 4.78 is 24.8. The van der Waals surface area contributed by atoms with E-state index in [4.69, 9.17) is 18.9 Å². The summed E-state index contributed by atoms with van der Waals surface area (Å²) in [7, 11) is 1.33. The van der Waals surface area contributed by atoms with Crippen molar-refractivity contribution in [1.82, 2.24) is 14.6 Å². The lowest BCUT2D eigenvalue weighted by molar-refractivity contribution is -0.196. The predicted molar refractivity (Wildman–Crippen MR) is 115 cm³/mol. The third kappa shape index (κ3) is 3.62. The maximum Gasteiger partial charge on any atom is 0.337 e. The molecule has 9 nitrogen and oxygen atoms in total. The Morgan fingerprint density at radius 2 is 2.03 bits per heavy atom. The zero-order valence-corrected chi connectivity index (χ0v) is 18.4. The Bertz CT molecular complexity index is 1160. The molecule has 2 fully saturated rings. The molecule has 0 bridgehead atoms. The Morgan fingerprint density at radius 3 is 2.81 bits per heavy atom. The molecule has 2 saturated heterocycles. The normalized spacial score (nSPS) is 26.2. The van der Waals surface area contributed by atoms with Crippen molar-refractivity contribution < 1.29 is 23.7 Å². The Morgan fingerprint density at radius 1 is 1.22 bits per heavy atom. The van der Waals surface area contributed by atoms with Gasteiger partial charge in [-0.15, -0.1) is 0 Å². The largest absolute Gasteiger partial charge is 0.467 e. The van der Waals surface area contributed by atoms with Gasteiger partial charge in [0.25, 0.3) is 0 Å². The minimum Gasteiger partial charge on any atom is -0.467 e. The number of nitrogens with one attached hydrogen (secondary N) is 1. The van der Waals surface area contributed by atoms with E-state index < -0.39 is 36.2 Å². The standard InChI is InChI=1S/C23H26N4O5/c1-13-6-5-7-14(10-13)11-24-21-16-9-8-15(27(16)26-12-25-21)17-18-19(32-23(2,3)31-18)20(30-17)22(28)29-4/h5-10,12,17-20H,11H2,1-4H3,(H,24,25,26). The van der Waals surface area contributed by atoms with Crippen molar-refractivity contribution in [3.63, 3.8) is 0 Å². The molecule has 4 atom stereocenters. The second-order valence-electron chi connectivity index (χ2n) is 8.57. The molecule has 2 aromatic heterocycles. The zero-order valence-electron chi connectivity index (χ0n) is 18.4. The van der Waals surface area contributed by atoms with Gasteiger partial charge in [-0.25, -0.2) is 14.3 Å². The van der Waals surface area contributed by atoms with Crippen molar-refractivity contribution in [3.8, 4) is 0 Å². The molecule has 0 saturated carbocycles. The molecule has 3 aromatic rings. The molecular formula is C23H26N4O5. The zero-order chi connectivity index (χ0) is 22.5. The van der Waals surface area contributed by atoms with Crippen LogP contribution in [0.5, 0.6) is 0 Å². The van der Waals surface area contributed by atoms with Crippen LogP contribution >= 0.6 is 0 Å². The molecule has 5 rings (SSSR count). The highest BCUT2D eigenvalue weighted by molar-refractivity contribution is 5.76. The smallest absolute Gasteiger partial charge is 0.337 e. The summed E-state index contributed by atoms with van der Waals surface area (Å²) in [5, 5.41) is 7.82. The fourth-order valence-electron chi connectivity index (χ4n) is 4.46. The van der Waals surface area contributed by atoms with E-state index in [1.165, 1.54) is 19.0 Å². The van der Waals surface area contributed by atoms with Gasteiger partial charge in [0.2, 0.25) is 0 Å². The lowest BCUT2D eigenvalue weighted by Crippen LogP contribution is -2.36. The third-order valence-corrected chi connectivity index (χ3v) is 5.80. The van der Waals surface area contributed by atoms with Crippen LogP contribution in [0.2, 0.25) is 0 Å². The maximum absolute atomic E-state index is 12.3. The van der Waals surface area contributed by atoms with Crippen LogP contribution < -0.4 is 5.32 Å². The van der Waals surface area contributed by atoms with Crippen LogP contribution in [0.15, 0.2) is 42.7 Å². The first-order chi connectivity index (χ1) is 15.4. The predicted octanol–water partition coefficient (Wildman–Crippen LogP) is 2.78. The minimum absolute atomic E-state index is 0.467. The van der Waals surface area contributed by atoms with Gasteiger partial charge >= 0.3 is 5.97 Å². The highest BCUT2D eigenvalue weighted by Crippen LogP contribution is 2.45. The van der Waals surface area contributed by atoms with Gasteiger partial charge in [0.05, 0.1) is 12.8 Å². The van der Waals surface area contributed by atoms with Crippen LogP contribution in [-0.4, -0.2) is 51.8 Å². The number of carbonyl (C=O) groups is 1. The van der Waals surface area contributed by atoms with Gasteiger partial charge in [0.15, 0.2) is 17.7 Å². The molecule has 9 heteroatoms. The second-order valence-corrected chi connectivity index (χ2v) is 8.57. The van der Waals surface area contributed by atoms with Gasteiger partial charge in [0.1, 0.15) is 30.2 Å². The molecule has 1 aromatic carbocycles. The second kappa shape index (κ2) is 7.84. The molecular weight excluding hydrogens is 412 g/mol. The first-order valence-corrected chi connectivity index (χ1v) is 10.6. The van der Waals surface area contributed by atoms with Crippen molar-refractivity contribution in [3.05, 3.63) is 59.5 Å². The third-order valence-electron chi connectivity index (χ3n) is 5.80. The van der Waals surface area contributed by atoms with Gasteiger partial charge < -0.3 is 24.3 Å². The summed E-state index contributed by atoms with van der Waals surface area (Å²) in [4.78, 5) is 16.7. The lowest BCUT2D eigenvalue weighted by Gasteiger charge is -2.23. The van der Waals surface area contributed by atoms with E-state index in [0.29, 0.717) is 12.4 Å². The maximum atomic E-state index is 12.3. The van der Waals surface area contributed by atoms with Gasteiger partial charge in [0, 0.05) is 6.54 Å². The topological polar surface area (TPSA) is 96.2 Å². The number of anilines is 1. The van der Waals surface area contributed by atoms with E-state index in [-0.39, 0.29) is 0 Å². The summed E-state index contributed by atoms with van der Waals surface area (Å²) in [5.41, 5.74) is 3.92. The number of methoxy groups -OCH3 is 1. The van der Waals surface area contributed by atoms with Gasteiger partial charge in [-0.2, -0.15) is 5.10 Å². The Balaban J connectivity index is 1.45. The lowest BCUT2D eigenvalue weighted by atomic mass is 10.1. The van der Waals surface area contributed by atoms with Crippen LogP contribution in [0.1, 0.15) is 36.8 Å². The number of carbonyl (C=O) groups excluding carboxylic acids is 1. The van der Waals surface area contributed by atoms with E-state index in [1.54, 1.807) is 4.52 Å². The Labute approximate surface area is 185 Å². The highest BCUT2D eigenvalue weighted by atomic mass is 16.8. The average molecular weight is 438 g/mol. The fraction of sp³-hybridized carbons (Fsp3) is 0.435. The van der Waals surface area contributed by atoms with Gasteiger partial charge in [-0.05, 0) is 38.5 Å². The molecule has 168 valence electrons. The van der Waals surface area contributed by atoms with Crippen molar-refractivity contribution in [2.75, 3.05) is 12.4 Å². The minimum atomic E-state index is -0.872. The molecule has 32 heavy (non-hydrogen) atoms. The number of rotatable bonds is 5. The SMILES string of the molecule is COC(=O)C1OC(c2ccc3c(NCc4cccc(C)c4)ncnn23)C2OC(C)(C)OC12. The molecule has 2 aliphatic rings. The van der Waals surface area contributed by atoms with E-state index in [2.05, 4.69) is 40.5 Å². The first-order valence-electron chi connectivity index (χ1n) is 10.6. The Kier molecular flexibility index (Phi) is 5.11. The van der Waals surface area contributed by atoms with Crippen LogP contribution in [0.25, 0.3) is 5.52 Å². The number of hydrogen-bond acceptors (Lipinski definition) is 8. The molecule has 1 N–H and O–H groups in total. The molecule has 4 heterocycles. The summed E-state index contributed by atoms with van der Waals surface area (Å²) >= 11 is 0. The van der Waals surface area contributed by atoms with Crippen molar-refractivity contribution in [1.29, 1.82) is 0 Å². The number of hydrogen-bond donors (Lipinski definition) is 1. The number of benzene rings is 1. The number of nitrogens with zero attached hydrogens (tertiary/aromatic N) is 3. The van der Waals surface area contributed by atoms with Crippen molar-refractivity contribution in [2.45, 2.75) is 57.5 Å². The highest BCUT2D eigenvalue weighted by Gasteiger charge is 2.58. The van der Waals surface area contributed by atoms with Crippen molar-refractivity contribution in [2.24, 2.45) is 0 Å². The molecule has 4 unspecified atom stereocenters. The van der Waals surface area contributed by atoms with Crippen LogP contribution in [0.3, 0.4) is 0 Å². The van der Waals surface area contributed by atoms with E-state index in [0.717, 1.165) is 16.8 Å². The summed E-state index contributed by atoms with van der Waals surface area (Å²) in [6.45, 7) is 6.35. The average Bonchev–Trinajstić information content (AvgIpc) is 3.42. The summed E-state index contributed by atoms with van der Waals surface area (Å²) in [5.74, 6) is -0.609. The number of fused-ring (bicyclic) bond motifs is 2. The van der Waals surface area contributed by atoms with E-state index in [9.17, 15) is 4.79 Å². The van der Waals surface area contributed by atoms with E-state index >= 15 is 0 Å². The van der Waals surface area contributed by atoms with Crippen LogP contribution in [-0.2, 0) is 30.3 Å². The monoisotopic (exact) mass is 438 g/mol. The van der Waals surface area contributed by atoms with Gasteiger partial charge in [-0.3, -0.25) is 0 Å². The summed E-state index contributed by atoms with van der Waals surface area (Å²) in [6.07, 6.45) is -0.953. The molecule has 2 aliphatic heterocycles. The number of ether oxygens (including phenoxy) is 4. The van der Waals surface area contributed by atoms with Crippen molar-refractivity contribution >= 4 is 17.3 Å². The fourth-order valence-corrected chi connectivity index (χ4v) is 4.46.